The number of hydrogen-bond acceptors (Lipinski definition) is 2. The van der Waals surface area contributed by atoms with Crippen LogP contribution in [-0.4, -0.2) is 9.97 Å². The minimum Gasteiger partial charge on any atom is -0.264 e. The Morgan fingerprint density at radius 1 is 1.06 bits per heavy atom. The molecule has 0 saturated carbocycles. The van der Waals surface area contributed by atoms with Crippen LogP contribution in [0.25, 0.3) is 0 Å². The predicted octanol–water partition coefficient (Wildman–Crippen LogP) is 4.29. The summed E-state index contributed by atoms with van der Waals surface area (Å²) >= 11 is 0. The molecule has 0 amide bonds. The van der Waals surface area contributed by atoms with Gasteiger partial charge in [-0.1, -0.05) is 33.9 Å². The van der Waals surface area contributed by atoms with E-state index in [1.54, 1.807) is 12.4 Å². The summed E-state index contributed by atoms with van der Waals surface area (Å²) in [7, 11) is 1.25. The molecule has 0 aliphatic rings. The first-order valence-electron chi connectivity index (χ1n) is 6.21. The molecule has 2 rings (SSSR count). The first-order chi connectivity index (χ1) is 8.42. The van der Waals surface area contributed by atoms with Crippen molar-refractivity contribution in [3.05, 3.63) is 60.2 Å². The van der Waals surface area contributed by atoms with Crippen LogP contribution in [0.15, 0.2) is 49.1 Å². The molecule has 0 spiro atoms. The topological polar surface area (TPSA) is 25.8 Å². The van der Waals surface area contributed by atoms with Gasteiger partial charge in [-0.05, 0) is 29.7 Å². The van der Waals surface area contributed by atoms with Crippen molar-refractivity contribution in [2.75, 3.05) is 0 Å². The fourth-order valence-electron chi connectivity index (χ4n) is 1.83. The fraction of sp³-hybridized carbons (Fsp3) is 0.333. The normalized spacial score (nSPS) is 9.71. The molecule has 92 valence electrons. The second kappa shape index (κ2) is 7.55. The molecule has 0 atom stereocenters. The number of hydrogen-bond donors (Lipinski definition) is 0. The van der Waals surface area contributed by atoms with Gasteiger partial charge >= 0.3 is 0 Å². The SMILES string of the molecule is C.CCC(c1cccnc1)c1cccnc1.[2H]C. The molecule has 0 aromatic carbocycles. The molecule has 0 aliphatic heterocycles. The molecule has 0 fully saturated rings. The summed E-state index contributed by atoms with van der Waals surface area (Å²) in [5, 5.41) is 0. The molecule has 2 aromatic rings. The summed E-state index contributed by atoms with van der Waals surface area (Å²) < 4.78 is 5.75. The molecular formula is C15H22N2. The summed E-state index contributed by atoms with van der Waals surface area (Å²) in [6.45, 7) is 2.19. The summed E-state index contributed by atoms with van der Waals surface area (Å²) in [5.74, 6) is 0.410. The van der Waals surface area contributed by atoms with E-state index in [2.05, 4.69) is 29.0 Å². The summed E-state index contributed by atoms with van der Waals surface area (Å²) in [4.78, 5) is 8.32. The van der Waals surface area contributed by atoms with Gasteiger partial charge in [0.05, 0.1) is 0 Å². The molecule has 0 unspecified atom stereocenters. The monoisotopic (exact) mass is 231 g/mol. The van der Waals surface area contributed by atoms with Crippen molar-refractivity contribution in [1.82, 2.24) is 9.97 Å². The summed E-state index contributed by atoms with van der Waals surface area (Å²) in [6, 6.07) is 8.20. The standard InChI is InChI=1S/C13H14N2.2CH4/c1-2-13(11-5-3-7-14-9-11)12-6-4-8-15-10-12;;/h3-10,13H,2H2,1H3;2*1H4/i;1D;. The summed E-state index contributed by atoms with van der Waals surface area (Å²) in [6.07, 6.45) is 8.54. The van der Waals surface area contributed by atoms with E-state index in [1.165, 1.54) is 18.5 Å². The third-order valence-corrected chi connectivity index (χ3v) is 2.58. The molecule has 2 aromatic heterocycles. The largest absolute Gasteiger partial charge is 0.264 e. The minimum absolute atomic E-state index is 0. The fourth-order valence-corrected chi connectivity index (χ4v) is 1.83. The van der Waals surface area contributed by atoms with Gasteiger partial charge in [-0.15, -0.1) is 0 Å². The van der Waals surface area contributed by atoms with Crippen LogP contribution >= 0.6 is 0 Å². The maximum atomic E-state index is 5.75. The van der Waals surface area contributed by atoms with E-state index in [1.807, 2.05) is 24.5 Å². The minimum atomic E-state index is 0. The zero-order valence-corrected chi connectivity index (χ0v) is 9.80. The highest BCUT2D eigenvalue weighted by Crippen LogP contribution is 2.25. The smallest absolute Gasteiger partial charge is 0.0306 e. The average Bonchev–Trinajstić information content (AvgIpc) is 2.44. The molecule has 2 nitrogen and oxygen atoms in total. The van der Waals surface area contributed by atoms with Crippen molar-refractivity contribution in [3.8, 4) is 0 Å². The predicted molar refractivity (Wildman–Crippen MR) is 74.1 cm³/mol. The van der Waals surface area contributed by atoms with Gasteiger partial charge in [0, 0.05) is 32.1 Å². The van der Waals surface area contributed by atoms with Crippen LogP contribution in [-0.2, 0) is 0 Å². The lowest BCUT2D eigenvalue weighted by atomic mass is 9.91. The van der Waals surface area contributed by atoms with Crippen LogP contribution in [0.2, 0.25) is 0 Å². The highest BCUT2D eigenvalue weighted by Gasteiger charge is 2.11. The molecule has 0 aliphatic carbocycles. The van der Waals surface area contributed by atoms with Crippen LogP contribution in [0.5, 0.6) is 0 Å². The molecule has 0 saturated heterocycles. The van der Waals surface area contributed by atoms with Crippen molar-refractivity contribution < 1.29 is 1.37 Å². The molecule has 0 bridgehead atoms. The Bertz CT molecular complexity index is 364. The van der Waals surface area contributed by atoms with E-state index in [0.29, 0.717) is 5.92 Å². The Labute approximate surface area is 106 Å². The molecular weight excluding hydrogens is 208 g/mol. The lowest BCUT2D eigenvalue weighted by Crippen LogP contribution is -2.00. The van der Waals surface area contributed by atoms with Crippen LogP contribution in [0, 0.1) is 0 Å². The van der Waals surface area contributed by atoms with E-state index in [0.717, 1.165) is 6.42 Å². The Kier molecular flexibility index (Phi) is 5.94. The van der Waals surface area contributed by atoms with Crippen molar-refractivity contribution in [2.45, 2.75) is 34.1 Å². The van der Waals surface area contributed by atoms with Gasteiger partial charge in [0.2, 0.25) is 0 Å². The van der Waals surface area contributed by atoms with Gasteiger partial charge in [0.1, 0.15) is 0 Å². The van der Waals surface area contributed by atoms with E-state index in [-0.39, 0.29) is 7.43 Å². The number of aromatic nitrogens is 2. The Balaban J connectivity index is 0.000000917. The number of nitrogens with zero attached hydrogens (tertiary/aromatic N) is 2. The molecule has 17 heavy (non-hydrogen) atoms. The second-order valence-electron chi connectivity index (χ2n) is 3.53. The van der Waals surface area contributed by atoms with E-state index in [9.17, 15) is 0 Å². The van der Waals surface area contributed by atoms with Gasteiger partial charge in [-0.3, -0.25) is 9.97 Å². The highest BCUT2D eigenvalue weighted by atomic mass is 14.6. The number of rotatable bonds is 3. The van der Waals surface area contributed by atoms with Crippen molar-refractivity contribution in [1.29, 1.82) is 0 Å². The Morgan fingerprint density at radius 2 is 1.53 bits per heavy atom. The Hall–Kier alpha value is -1.70. The van der Waals surface area contributed by atoms with Crippen LogP contribution < -0.4 is 0 Å². The third-order valence-electron chi connectivity index (χ3n) is 2.58. The third kappa shape index (κ3) is 3.66. The van der Waals surface area contributed by atoms with E-state index in [4.69, 9.17) is 1.37 Å². The van der Waals surface area contributed by atoms with Crippen LogP contribution in [0.4, 0.5) is 0 Å². The quantitative estimate of drug-likeness (QED) is 0.787. The van der Waals surface area contributed by atoms with Gasteiger partial charge in [-0.2, -0.15) is 0 Å². The van der Waals surface area contributed by atoms with Gasteiger partial charge in [0.15, 0.2) is 0 Å². The summed E-state index contributed by atoms with van der Waals surface area (Å²) in [5.41, 5.74) is 2.51. The van der Waals surface area contributed by atoms with E-state index >= 15 is 0 Å². The molecule has 2 heterocycles. The molecule has 0 radical (unpaired) electrons. The molecule has 0 N–H and O–H groups in total. The second-order valence-corrected chi connectivity index (χ2v) is 3.53. The Morgan fingerprint density at radius 3 is 1.82 bits per heavy atom. The average molecular weight is 231 g/mol. The number of pyridine rings is 2. The lowest BCUT2D eigenvalue weighted by molar-refractivity contribution is 0.768. The first kappa shape index (κ1) is 13.4. The van der Waals surface area contributed by atoms with Gasteiger partial charge < -0.3 is 0 Å². The zero-order chi connectivity index (χ0) is 12.5. The van der Waals surface area contributed by atoms with Crippen molar-refractivity contribution >= 4 is 0 Å². The lowest BCUT2D eigenvalue weighted by Gasteiger charge is -2.14. The maximum Gasteiger partial charge on any atom is 0.0306 e. The highest BCUT2D eigenvalue weighted by molar-refractivity contribution is 5.28. The van der Waals surface area contributed by atoms with Crippen molar-refractivity contribution in [2.24, 2.45) is 0 Å². The van der Waals surface area contributed by atoms with E-state index < -0.39 is 0 Å². The van der Waals surface area contributed by atoms with Crippen LogP contribution in [0.3, 0.4) is 0 Å². The van der Waals surface area contributed by atoms with Gasteiger partial charge in [-0.25, -0.2) is 0 Å². The maximum absolute atomic E-state index is 5.75. The molecule has 2 heteroatoms. The first-order valence-corrected chi connectivity index (χ1v) is 5.21. The van der Waals surface area contributed by atoms with Gasteiger partial charge in [0.25, 0.3) is 0 Å². The zero-order valence-electron chi connectivity index (χ0n) is 10.8. The van der Waals surface area contributed by atoms with Crippen molar-refractivity contribution in [3.63, 3.8) is 0 Å². The van der Waals surface area contributed by atoms with Crippen LogP contribution in [0.1, 0.15) is 46.6 Å².